The van der Waals surface area contributed by atoms with Gasteiger partial charge in [0.1, 0.15) is 6.17 Å². The molecule has 1 saturated heterocycles. The van der Waals surface area contributed by atoms with Crippen molar-refractivity contribution in [1.82, 2.24) is 14.8 Å². The number of halogens is 1. The normalized spacial score (nSPS) is 22.6. The van der Waals surface area contributed by atoms with Gasteiger partial charge in [0, 0.05) is 37.1 Å². The SMILES string of the molecule is Cc1ncsc1CN1C[C@@H](F)C[C@H]1CN(C)CC(O)c1ccccc1. The summed E-state index contributed by atoms with van der Waals surface area (Å²) < 4.78 is 14.0. The van der Waals surface area contributed by atoms with Crippen molar-refractivity contribution >= 4 is 11.3 Å². The fraction of sp³-hybridized carbons (Fsp3) is 0.526. The summed E-state index contributed by atoms with van der Waals surface area (Å²) in [5, 5.41) is 10.4. The Morgan fingerprint density at radius 3 is 2.84 bits per heavy atom. The van der Waals surface area contributed by atoms with E-state index in [0.29, 0.717) is 19.5 Å². The highest BCUT2D eigenvalue weighted by atomic mass is 32.1. The number of thiazole rings is 1. The van der Waals surface area contributed by atoms with Gasteiger partial charge < -0.3 is 10.0 Å². The molecule has 3 rings (SSSR count). The van der Waals surface area contributed by atoms with Crippen LogP contribution < -0.4 is 0 Å². The molecule has 25 heavy (non-hydrogen) atoms. The molecule has 3 atom stereocenters. The maximum atomic E-state index is 14.0. The lowest BCUT2D eigenvalue weighted by atomic mass is 10.1. The minimum Gasteiger partial charge on any atom is -0.387 e. The average Bonchev–Trinajstić information content (AvgIpc) is 3.14. The van der Waals surface area contributed by atoms with E-state index in [0.717, 1.165) is 24.3 Å². The zero-order valence-corrected chi connectivity index (χ0v) is 15.6. The van der Waals surface area contributed by atoms with Gasteiger partial charge in [-0.1, -0.05) is 30.3 Å². The van der Waals surface area contributed by atoms with Crippen molar-refractivity contribution in [3.8, 4) is 0 Å². The van der Waals surface area contributed by atoms with E-state index >= 15 is 0 Å². The van der Waals surface area contributed by atoms with Crippen molar-refractivity contribution in [1.29, 1.82) is 0 Å². The van der Waals surface area contributed by atoms with Crippen molar-refractivity contribution in [2.45, 2.75) is 38.2 Å². The zero-order chi connectivity index (χ0) is 17.8. The first kappa shape index (κ1) is 18.5. The van der Waals surface area contributed by atoms with E-state index in [4.69, 9.17) is 0 Å². The lowest BCUT2D eigenvalue weighted by Gasteiger charge is -2.29. The number of likely N-dealkylation sites (tertiary alicyclic amines) is 1. The lowest BCUT2D eigenvalue weighted by molar-refractivity contribution is 0.107. The largest absolute Gasteiger partial charge is 0.387 e. The number of aliphatic hydroxyl groups excluding tert-OH is 1. The minimum absolute atomic E-state index is 0.171. The molecule has 6 heteroatoms. The molecule has 0 amide bonds. The molecule has 0 saturated carbocycles. The topological polar surface area (TPSA) is 39.6 Å². The number of aryl methyl sites for hydroxylation is 1. The number of hydrogen-bond donors (Lipinski definition) is 1. The molecule has 2 heterocycles. The Labute approximate surface area is 152 Å². The summed E-state index contributed by atoms with van der Waals surface area (Å²) in [4.78, 5) is 9.83. The molecular weight excluding hydrogens is 337 g/mol. The van der Waals surface area contributed by atoms with E-state index in [9.17, 15) is 9.50 Å². The van der Waals surface area contributed by atoms with Crippen LogP contribution in [0.1, 0.15) is 28.7 Å². The van der Waals surface area contributed by atoms with E-state index in [1.165, 1.54) is 4.88 Å². The van der Waals surface area contributed by atoms with E-state index in [1.54, 1.807) is 11.3 Å². The zero-order valence-electron chi connectivity index (χ0n) is 14.8. The van der Waals surface area contributed by atoms with Gasteiger partial charge in [0.15, 0.2) is 0 Å². The van der Waals surface area contributed by atoms with Crippen LogP contribution in [0.3, 0.4) is 0 Å². The van der Waals surface area contributed by atoms with Crippen molar-refractivity contribution in [2.24, 2.45) is 0 Å². The lowest BCUT2D eigenvalue weighted by Crippen LogP contribution is -2.39. The predicted octanol–water partition coefficient (Wildman–Crippen LogP) is 3.03. The van der Waals surface area contributed by atoms with Gasteiger partial charge in [-0.3, -0.25) is 4.90 Å². The molecule has 0 spiro atoms. The van der Waals surface area contributed by atoms with E-state index in [1.807, 2.05) is 49.8 Å². The first-order valence-corrected chi connectivity index (χ1v) is 9.59. The van der Waals surface area contributed by atoms with Gasteiger partial charge >= 0.3 is 0 Å². The quantitative estimate of drug-likeness (QED) is 0.821. The van der Waals surface area contributed by atoms with Gasteiger partial charge in [-0.15, -0.1) is 11.3 Å². The van der Waals surface area contributed by atoms with Crippen LogP contribution in [0.5, 0.6) is 0 Å². The molecule has 1 aliphatic heterocycles. The van der Waals surface area contributed by atoms with Crippen LogP contribution >= 0.6 is 11.3 Å². The second-order valence-corrected chi connectivity index (χ2v) is 7.86. The molecule has 1 fully saturated rings. The number of alkyl halides is 1. The Morgan fingerprint density at radius 1 is 1.40 bits per heavy atom. The van der Waals surface area contributed by atoms with E-state index in [2.05, 4.69) is 14.8 Å². The molecule has 4 nitrogen and oxygen atoms in total. The van der Waals surface area contributed by atoms with Crippen LogP contribution in [-0.4, -0.2) is 58.8 Å². The Bertz CT molecular complexity index is 666. The Hall–Kier alpha value is -1.34. The number of rotatable bonds is 7. The van der Waals surface area contributed by atoms with Gasteiger partial charge in [0.25, 0.3) is 0 Å². The second-order valence-electron chi connectivity index (χ2n) is 6.92. The molecule has 0 radical (unpaired) electrons. The number of aliphatic hydroxyl groups is 1. The summed E-state index contributed by atoms with van der Waals surface area (Å²) in [5.74, 6) is 0. The smallest absolute Gasteiger partial charge is 0.114 e. The van der Waals surface area contributed by atoms with Gasteiger partial charge in [0.2, 0.25) is 0 Å². The average molecular weight is 364 g/mol. The number of aromatic nitrogens is 1. The summed E-state index contributed by atoms with van der Waals surface area (Å²) in [6, 6.07) is 9.85. The van der Waals surface area contributed by atoms with Gasteiger partial charge in [-0.05, 0) is 26.0 Å². The molecular formula is C19H26FN3OS. The van der Waals surface area contributed by atoms with Crippen molar-refractivity contribution in [3.63, 3.8) is 0 Å². The fourth-order valence-electron chi connectivity index (χ4n) is 3.48. The van der Waals surface area contributed by atoms with Crippen molar-refractivity contribution in [2.75, 3.05) is 26.7 Å². The summed E-state index contributed by atoms with van der Waals surface area (Å²) in [6.07, 6.45) is -0.736. The van der Waals surface area contributed by atoms with Crippen molar-refractivity contribution < 1.29 is 9.50 Å². The molecule has 136 valence electrons. The standard InChI is InChI=1S/C19H26FN3OS/c1-14-19(25-13-21-14)12-23-9-16(20)8-17(23)10-22(2)11-18(24)15-6-4-3-5-7-15/h3-7,13,16-18,24H,8-12H2,1-2H3/t16-,17-,18?/m0/s1. The molecule has 2 aromatic rings. The third-order valence-corrected chi connectivity index (χ3v) is 5.78. The maximum absolute atomic E-state index is 14.0. The molecule has 0 bridgehead atoms. The third kappa shape index (κ3) is 4.85. The van der Waals surface area contributed by atoms with E-state index < -0.39 is 12.3 Å². The highest BCUT2D eigenvalue weighted by molar-refractivity contribution is 7.09. The van der Waals surface area contributed by atoms with E-state index in [-0.39, 0.29) is 6.04 Å². The highest BCUT2D eigenvalue weighted by Crippen LogP contribution is 2.26. The van der Waals surface area contributed by atoms with Gasteiger partial charge in [-0.2, -0.15) is 0 Å². The minimum atomic E-state index is -0.773. The monoisotopic (exact) mass is 363 g/mol. The Morgan fingerprint density at radius 2 is 2.16 bits per heavy atom. The molecule has 1 unspecified atom stereocenters. The van der Waals surface area contributed by atoms with Gasteiger partial charge in [0.05, 0.1) is 17.3 Å². The van der Waals surface area contributed by atoms with Crippen LogP contribution in [0.25, 0.3) is 0 Å². The van der Waals surface area contributed by atoms with Crippen LogP contribution in [-0.2, 0) is 6.54 Å². The molecule has 1 N–H and O–H groups in total. The third-order valence-electron chi connectivity index (χ3n) is 4.86. The first-order valence-electron chi connectivity index (χ1n) is 8.71. The highest BCUT2D eigenvalue weighted by Gasteiger charge is 2.33. The summed E-state index contributed by atoms with van der Waals surface area (Å²) in [5.41, 5.74) is 3.81. The summed E-state index contributed by atoms with van der Waals surface area (Å²) in [6.45, 7) is 4.55. The number of benzene rings is 1. The van der Waals surface area contributed by atoms with Crippen LogP contribution in [0.4, 0.5) is 4.39 Å². The van der Waals surface area contributed by atoms with Crippen LogP contribution in [0.2, 0.25) is 0 Å². The van der Waals surface area contributed by atoms with Gasteiger partial charge in [-0.25, -0.2) is 9.37 Å². The van der Waals surface area contributed by atoms with Crippen molar-refractivity contribution in [3.05, 3.63) is 52.0 Å². The number of hydrogen-bond acceptors (Lipinski definition) is 5. The molecule has 1 aliphatic rings. The van der Waals surface area contributed by atoms with Crippen LogP contribution in [0, 0.1) is 6.92 Å². The molecule has 0 aliphatic carbocycles. The summed E-state index contributed by atoms with van der Waals surface area (Å²) >= 11 is 1.64. The summed E-state index contributed by atoms with van der Waals surface area (Å²) in [7, 11) is 1.99. The Balaban J connectivity index is 1.57. The maximum Gasteiger partial charge on any atom is 0.114 e. The molecule has 1 aromatic heterocycles. The first-order chi connectivity index (χ1) is 12.0. The fourth-order valence-corrected chi connectivity index (χ4v) is 4.28. The number of likely N-dealkylation sites (N-methyl/N-ethyl adjacent to an activating group) is 1. The number of nitrogens with zero attached hydrogens (tertiary/aromatic N) is 3. The Kier molecular flexibility index (Phi) is 6.17. The predicted molar refractivity (Wildman–Crippen MR) is 99.5 cm³/mol. The molecule has 1 aromatic carbocycles. The second kappa shape index (κ2) is 8.36. The van der Waals surface area contributed by atoms with Crippen LogP contribution in [0.15, 0.2) is 35.8 Å².